The summed E-state index contributed by atoms with van der Waals surface area (Å²) in [6.45, 7) is 0.605. The number of carbonyl (C=O) groups is 1. The third-order valence-corrected chi connectivity index (χ3v) is 4.60. The topological polar surface area (TPSA) is 50.2 Å². The molecule has 0 saturated carbocycles. The minimum atomic E-state index is -0.364. The Hall–Kier alpha value is -0.890. The molecule has 0 radical (unpaired) electrons. The minimum absolute atomic E-state index is 0. The summed E-state index contributed by atoms with van der Waals surface area (Å²) in [7, 11) is 5.44. The number of nitrogens with zero attached hydrogens (tertiary/aromatic N) is 3. The largest absolute Gasteiger partial charge is 0.339 e. The molecule has 0 aromatic carbocycles. The SMILES string of the molecule is CNC(C(=O)N(C)Cc1ccc(Br)s1)c1cnn(C)c1.Cl. The van der Waals surface area contributed by atoms with Crippen LogP contribution in [-0.4, -0.2) is 34.7 Å². The molecular formula is C13H18BrClN4OS. The number of hydrogen-bond acceptors (Lipinski definition) is 4. The maximum absolute atomic E-state index is 12.5. The second-order valence-corrected chi connectivity index (χ2v) is 7.12. The number of halogens is 2. The van der Waals surface area contributed by atoms with Gasteiger partial charge in [-0.15, -0.1) is 23.7 Å². The third kappa shape index (κ3) is 4.54. The second-order valence-electron chi connectivity index (χ2n) is 4.57. The molecule has 2 heterocycles. The molecule has 1 unspecified atom stereocenters. The Bertz CT molecular complexity index is 601. The van der Waals surface area contributed by atoms with Crippen LogP contribution < -0.4 is 5.32 Å². The number of hydrogen-bond donors (Lipinski definition) is 1. The molecule has 2 rings (SSSR count). The number of carbonyl (C=O) groups excluding carboxylic acids is 1. The van der Waals surface area contributed by atoms with Gasteiger partial charge in [0.1, 0.15) is 6.04 Å². The Morgan fingerprint density at radius 3 is 2.76 bits per heavy atom. The first-order chi connectivity index (χ1) is 9.51. The highest BCUT2D eigenvalue weighted by Gasteiger charge is 2.23. The predicted molar refractivity (Wildman–Crippen MR) is 90.7 cm³/mol. The van der Waals surface area contributed by atoms with Crippen LogP contribution in [0.2, 0.25) is 0 Å². The highest BCUT2D eigenvalue weighted by molar-refractivity contribution is 9.11. The van der Waals surface area contributed by atoms with E-state index >= 15 is 0 Å². The van der Waals surface area contributed by atoms with Gasteiger partial charge in [-0.25, -0.2) is 0 Å². The molecular weight excluding hydrogens is 376 g/mol. The summed E-state index contributed by atoms with van der Waals surface area (Å²) in [5, 5.41) is 7.17. The van der Waals surface area contributed by atoms with Crippen molar-refractivity contribution in [2.24, 2.45) is 7.05 Å². The monoisotopic (exact) mass is 392 g/mol. The molecule has 5 nitrogen and oxygen atoms in total. The summed E-state index contributed by atoms with van der Waals surface area (Å²) in [6.07, 6.45) is 3.57. The predicted octanol–water partition coefficient (Wildman–Crippen LogP) is 2.59. The number of thiophene rings is 1. The van der Waals surface area contributed by atoms with Gasteiger partial charge >= 0.3 is 0 Å². The fourth-order valence-corrected chi connectivity index (χ4v) is 3.53. The number of amides is 1. The van der Waals surface area contributed by atoms with Crippen LogP contribution in [-0.2, 0) is 18.4 Å². The molecule has 1 amide bonds. The standard InChI is InChI=1S/C13H17BrN4OS.ClH/c1-15-12(9-6-16-18(3)7-9)13(19)17(2)8-10-4-5-11(14)20-10;/h4-7,12,15H,8H2,1-3H3;1H. The quantitative estimate of drug-likeness (QED) is 0.849. The first-order valence-corrected chi connectivity index (χ1v) is 7.77. The Morgan fingerprint density at radius 2 is 2.29 bits per heavy atom. The summed E-state index contributed by atoms with van der Waals surface area (Å²) >= 11 is 5.07. The van der Waals surface area contributed by atoms with Crippen LogP contribution in [0.3, 0.4) is 0 Å². The fourth-order valence-electron chi connectivity index (χ4n) is 1.99. The lowest BCUT2D eigenvalue weighted by Crippen LogP contribution is -2.36. The molecule has 0 aliphatic heterocycles. The first-order valence-electron chi connectivity index (χ1n) is 6.16. The van der Waals surface area contributed by atoms with Crippen LogP contribution in [0.15, 0.2) is 28.3 Å². The van der Waals surface area contributed by atoms with Crippen LogP contribution in [0.5, 0.6) is 0 Å². The smallest absolute Gasteiger partial charge is 0.244 e. The lowest BCUT2D eigenvalue weighted by molar-refractivity contribution is -0.132. The van der Waals surface area contributed by atoms with Crippen molar-refractivity contribution >= 4 is 45.6 Å². The molecule has 1 atom stereocenters. The Balaban J connectivity index is 0.00000220. The Kier molecular flexibility index (Phi) is 6.86. The van der Waals surface area contributed by atoms with E-state index in [1.54, 1.807) is 34.2 Å². The van der Waals surface area contributed by atoms with Crippen LogP contribution in [0, 0.1) is 0 Å². The number of aromatic nitrogens is 2. The van der Waals surface area contributed by atoms with E-state index < -0.39 is 0 Å². The number of aryl methyl sites for hydroxylation is 1. The van der Waals surface area contributed by atoms with Gasteiger partial charge in [-0.3, -0.25) is 9.48 Å². The molecule has 0 saturated heterocycles. The van der Waals surface area contributed by atoms with Crippen molar-refractivity contribution in [2.75, 3.05) is 14.1 Å². The molecule has 8 heteroatoms. The van der Waals surface area contributed by atoms with E-state index in [9.17, 15) is 4.79 Å². The highest BCUT2D eigenvalue weighted by atomic mass is 79.9. The van der Waals surface area contributed by atoms with Crippen LogP contribution in [0.1, 0.15) is 16.5 Å². The molecule has 0 aliphatic carbocycles. The molecule has 116 valence electrons. The van der Waals surface area contributed by atoms with E-state index in [0.717, 1.165) is 14.2 Å². The van der Waals surface area contributed by atoms with Crippen LogP contribution >= 0.6 is 39.7 Å². The number of nitrogens with one attached hydrogen (secondary N) is 1. The van der Waals surface area contributed by atoms with Gasteiger partial charge in [-0.1, -0.05) is 0 Å². The van der Waals surface area contributed by atoms with E-state index in [1.807, 2.05) is 32.4 Å². The third-order valence-electron chi connectivity index (χ3n) is 2.99. The maximum atomic E-state index is 12.5. The van der Waals surface area contributed by atoms with E-state index in [4.69, 9.17) is 0 Å². The van der Waals surface area contributed by atoms with E-state index in [1.165, 1.54) is 0 Å². The van der Waals surface area contributed by atoms with Crippen molar-refractivity contribution in [3.8, 4) is 0 Å². The zero-order valence-corrected chi connectivity index (χ0v) is 15.3. The number of rotatable bonds is 5. The fraction of sp³-hybridized carbons (Fsp3) is 0.385. The molecule has 0 aliphatic rings. The molecule has 0 bridgehead atoms. The lowest BCUT2D eigenvalue weighted by atomic mass is 10.1. The first kappa shape index (κ1) is 18.2. The van der Waals surface area contributed by atoms with Gasteiger partial charge in [0.2, 0.25) is 5.91 Å². The normalized spacial score (nSPS) is 11.8. The van der Waals surface area contributed by atoms with Crippen molar-refractivity contribution in [3.63, 3.8) is 0 Å². The average molecular weight is 394 g/mol. The maximum Gasteiger partial charge on any atom is 0.244 e. The minimum Gasteiger partial charge on any atom is -0.339 e. The van der Waals surface area contributed by atoms with Crippen LogP contribution in [0.4, 0.5) is 0 Å². The van der Waals surface area contributed by atoms with E-state index in [2.05, 4.69) is 26.3 Å². The lowest BCUT2D eigenvalue weighted by Gasteiger charge is -2.22. The van der Waals surface area contributed by atoms with Gasteiger partial charge in [0, 0.05) is 30.7 Å². The molecule has 0 spiro atoms. The van der Waals surface area contributed by atoms with Gasteiger partial charge in [0.15, 0.2) is 0 Å². The van der Waals surface area contributed by atoms with E-state index in [0.29, 0.717) is 6.54 Å². The second kappa shape index (κ2) is 7.93. The summed E-state index contributed by atoms with van der Waals surface area (Å²) in [5.41, 5.74) is 0.874. The van der Waals surface area contributed by atoms with Gasteiger partial charge in [-0.2, -0.15) is 5.10 Å². The molecule has 2 aromatic rings. The van der Waals surface area contributed by atoms with Crippen molar-refractivity contribution in [1.29, 1.82) is 0 Å². The average Bonchev–Trinajstić information content (AvgIpc) is 2.99. The van der Waals surface area contributed by atoms with Crippen molar-refractivity contribution in [3.05, 3.63) is 38.8 Å². The van der Waals surface area contributed by atoms with Crippen molar-refractivity contribution < 1.29 is 4.79 Å². The van der Waals surface area contributed by atoms with Crippen molar-refractivity contribution in [2.45, 2.75) is 12.6 Å². The van der Waals surface area contributed by atoms with Gasteiger partial charge in [0.25, 0.3) is 0 Å². The molecule has 0 fully saturated rings. The van der Waals surface area contributed by atoms with Gasteiger partial charge < -0.3 is 10.2 Å². The summed E-state index contributed by atoms with van der Waals surface area (Å²) in [5.74, 6) is 0.0324. The van der Waals surface area contributed by atoms with Gasteiger partial charge in [-0.05, 0) is 35.1 Å². The summed E-state index contributed by atoms with van der Waals surface area (Å²) in [6, 6.07) is 3.66. The zero-order chi connectivity index (χ0) is 14.7. The summed E-state index contributed by atoms with van der Waals surface area (Å²) < 4.78 is 2.77. The number of likely N-dealkylation sites (N-methyl/N-ethyl adjacent to an activating group) is 2. The van der Waals surface area contributed by atoms with Gasteiger partial charge in [0.05, 0.1) is 16.5 Å². The molecule has 1 N–H and O–H groups in total. The summed E-state index contributed by atoms with van der Waals surface area (Å²) in [4.78, 5) is 15.4. The Morgan fingerprint density at radius 1 is 1.57 bits per heavy atom. The molecule has 21 heavy (non-hydrogen) atoms. The van der Waals surface area contributed by atoms with Crippen LogP contribution in [0.25, 0.3) is 0 Å². The zero-order valence-electron chi connectivity index (χ0n) is 12.0. The Labute approximate surface area is 142 Å². The van der Waals surface area contributed by atoms with E-state index in [-0.39, 0.29) is 24.4 Å². The van der Waals surface area contributed by atoms with Crippen molar-refractivity contribution in [1.82, 2.24) is 20.0 Å². The highest BCUT2D eigenvalue weighted by Crippen LogP contribution is 2.24. The molecule has 2 aromatic heterocycles.